The molecule has 2 rings (SSSR count). The Labute approximate surface area is 126 Å². The largest absolute Gasteiger partial charge is 0.477 e. The zero-order valence-electron chi connectivity index (χ0n) is 11.7. The number of rotatable bonds is 4. The fourth-order valence-electron chi connectivity index (χ4n) is 2.03. The Kier molecular flexibility index (Phi) is 4.16. The first-order chi connectivity index (χ1) is 10.2. The van der Waals surface area contributed by atoms with Gasteiger partial charge in [-0.2, -0.15) is 0 Å². The summed E-state index contributed by atoms with van der Waals surface area (Å²) >= 11 is 0. The van der Waals surface area contributed by atoms with E-state index >= 15 is 0 Å². The molecule has 0 fully saturated rings. The lowest BCUT2D eigenvalue weighted by Crippen LogP contribution is -2.27. The normalized spacial score (nSPS) is 11.4. The molecule has 22 heavy (non-hydrogen) atoms. The third-order valence-electron chi connectivity index (χ3n) is 3.19. The molecular weight excluding hydrogens is 308 g/mol. The van der Waals surface area contributed by atoms with Crippen LogP contribution in [-0.4, -0.2) is 24.1 Å². The molecule has 0 aliphatic heterocycles. The van der Waals surface area contributed by atoms with Gasteiger partial charge in [0.25, 0.3) is 5.56 Å². The Morgan fingerprint density at radius 1 is 1.23 bits per heavy atom. The molecule has 0 aliphatic carbocycles. The maximum atomic E-state index is 12.1. The van der Waals surface area contributed by atoms with Gasteiger partial charge in [0, 0.05) is 6.20 Å². The molecule has 2 aromatic rings. The van der Waals surface area contributed by atoms with Gasteiger partial charge in [0.05, 0.1) is 11.4 Å². The molecule has 0 bridgehead atoms. The van der Waals surface area contributed by atoms with Crippen LogP contribution < -0.4 is 10.7 Å². The highest BCUT2D eigenvalue weighted by Crippen LogP contribution is 2.10. The Bertz CT molecular complexity index is 882. The van der Waals surface area contributed by atoms with E-state index < -0.39 is 21.6 Å². The van der Waals surface area contributed by atoms with Crippen LogP contribution in [0.5, 0.6) is 0 Å². The molecule has 0 amide bonds. The third kappa shape index (κ3) is 3.23. The van der Waals surface area contributed by atoms with Crippen LogP contribution >= 0.6 is 0 Å². The van der Waals surface area contributed by atoms with E-state index in [1.54, 1.807) is 13.0 Å². The van der Waals surface area contributed by atoms with E-state index in [1.807, 2.05) is 0 Å². The van der Waals surface area contributed by atoms with Crippen molar-refractivity contribution < 1.29 is 18.3 Å². The van der Waals surface area contributed by atoms with Crippen LogP contribution in [0.1, 0.15) is 21.5 Å². The summed E-state index contributed by atoms with van der Waals surface area (Å²) in [5.74, 6) is -1.28. The monoisotopic (exact) mass is 322 g/mol. The third-order valence-corrected chi connectivity index (χ3v) is 4.12. The number of carboxylic acids is 1. The molecule has 0 aliphatic rings. The average molecular weight is 322 g/mol. The number of hydrogen-bond acceptors (Lipinski definition) is 4. The number of aromatic nitrogens is 1. The van der Waals surface area contributed by atoms with Crippen molar-refractivity contribution in [3.63, 3.8) is 0 Å². The van der Waals surface area contributed by atoms with E-state index in [2.05, 4.69) is 0 Å². The average Bonchev–Trinajstić information content (AvgIpc) is 2.41. The number of primary sulfonamides is 1. The van der Waals surface area contributed by atoms with Crippen molar-refractivity contribution in [3.8, 4) is 0 Å². The predicted octanol–water partition coefficient (Wildman–Crippen LogP) is 0.551. The fourth-order valence-corrected chi connectivity index (χ4v) is 2.55. The first-order valence-electron chi connectivity index (χ1n) is 6.25. The van der Waals surface area contributed by atoms with Gasteiger partial charge >= 0.3 is 5.97 Å². The molecule has 0 saturated carbocycles. The van der Waals surface area contributed by atoms with E-state index in [0.717, 1.165) is 0 Å². The van der Waals surface area contributed by atoms with Crippen LogP contribution in [0.2, 0.25) is 0 Å². The Morgan fingerprint density at radius 2 is 1.82 bits per heavy atom. The van der Waals surface area contributed by atoms with Gasteiger partial charge in [0.1, 0.15) is 5.56 Å². The van der Waals surface area contributed by atoms with Crippen LogP contribution in [0.4, 0.5) is 0 Å². The Morgan fingerprint density at radius 3 is 2.32 bits per heavy atom. The number of aromatic carboxylic acids is 1. The number of nitrogens with zero attached hydrogens (tertiary/aromatic N) is 1. The van der Waals surface area contributed by atoms with Crippen molar-refractivity contribution in [2.45, 2.75) is 18.4 Å². The first-order valence-corrected chi connectivity index (χ1v) is 7.80. The van der Waals surface area contributed by atoms with Gasteiger partial charge in [-0.3, -0.25) is 4.79 Å². The molecule has 1 heterocycles. The molecule has 7 nitrogen and oxygen atoms in total. The van der Waals surface area contributed by atoms with Crippen LogP contribution in [0.15, 0.2) is 46.2 Å². The molecule has 0 unspecified atom stereocenters. The second-order valence-electron chi connectivity index (χ2n) is 4.80. The molecular formula is C14H14N2O5S. The predicted molar refractivity (Wildman–Crippen MR) is 79.3 cm³/mol. The van der Waals surface area contributed by atoms with E-state index in [4.69, 9.17) is 10.2 Å². The summed E-state index contributed by atoms with van der Waals surface area (Å²) < 4.78 is 23.6. The van der Waals surface area contributed by atoms with Gasteiger partial charge in [-0.25, -0.2) is 18.4 Å². The maximum Gasteiger partial charge on any atom is 0.341 e. The highest BCUT2D eigenvalue weighted by Gasteiger charge is 2.14. The van der Waals surface area contributed by atoms with E-state index in [1.165, 1.54) is 35.0 Å². The highest BCUT2D eigenvalue weighted by atomic mass is 32.2. The molecule has 1 aromatic heterocycles. The van der Waals surface area contributed by atoms with Crippen LogP contribution in [0.3, 0.4) is 0 Å². The van der Waals surface area contributed by atoms with E-state index in [0.29, 0.717) is 11.1 Å². The smallest absolute Gasteiger partial charge is 0.341 e. The lowest BCUT2D eigenvalue weighted by Gasteiger charge is -2.09. The standard InChI is InChI=1S/C14H14N2O5S/c1-9-6-7-16(13(17)12(9)14(18)19)8-10-2-4-11(5-3-10)22(15,20)21/h2-7H,8H2,1H3,(H,18,19)(H2,15,20,21). The van der Waals surface area contributed by atoms with Crippen LogP contribution in [0.25, 0.3) is 0 Å². The second-order valence-corrected chi connectivity index (χ2v) is 6.36. The quantitative estimate of drug-likeness (QED) is 0.852. The van der Waals surface area contributed by atoms with Crippen LogP contribution in [-0.2, 0) is 16.6 Å². The van der Waals surface area contributed by atoms with Crippen LogP contribution in [0, 0.1) is 6.92 Å². The lowest BCUT2D eigenvalue weighted by molar-refractivity contribution is 0.0693. The SMILES string of the molecule is Cc1ccn(Cc2ccc(S(N)(=O)=O)cc2)c(=O)c1C(=O)O. The number of hydrogen-bond donors (Lipinski definition) is 2. The van der Waals surface area contributed by atoms with Gasteiger partial charge < -0.3 is 9.67 Å². The van der Waals surface area contributed by atoms with Crippen molar-refractivity contribution in [2.24, 2.45) is 5.14 Å². The summed E-state index contributed by atoms with van der Waals surface area (Å²) in [7, 11) is -3.77. The van der Waals surface area contributed by atoms with Gasteiger partial charge in [0.15, 0.2) is 0 Å². The molecule has 3 N–H and O–H groups in total. The summed E-state index contributed by atoms with van der Waals surface area (Å²) in [5.41, 5.74) is 0.152. The zero-order chi connectivity index (χ0) is 16.5. The first kappa shape index (κ1) is 15.9. The highest BCUT2D eigenvalue weighted by molar-refractivity contribution is 7.89. The summed E-state index contributed by atoms with van der Waals surface area (Å²) in [4.78, 5) is 23.2. The summed E-state index contributed by atoms with van der Waals surface area (Å²) in [5, 5.41) is 14.1. The van der Waals surface area contributed by atoms with Gasteiger partial charge in [-0.15, -0.1) is 0 Å². The fraction of sp³-hybridized carbons (Fsp3) is 0.143. The zero-order valence-corrected chi connectivity index (χ0v) is 12.5. The summed E-state index contributed by atoms with van der Waals surface area (Å²) in [6.07, 6.45) is 1.50. The minimum atomic E-state index is -3.77. The van der Waals surface area contributed by atoms with E-state index in [9.17, 15) is 18.0 Å². The van der Waals surface area contributed by atoms with Crippen molar-refractivity contribution in [1.82, 2.24) is 4.57 Å². The second kappa shape index (κ2) is 5.74. The van der Waals surface area contributed by atoms with Crippen molar-refractivity contribution >= 4 is 16.0 Å². The maximum absolute atomic E-state index is 12.1. The topological polar surface area (TPSA) is 119 Å². The lowest BCUT2D eigenvalue weighted by atomic mass is 10.1. The van der Waals surface area contributed by atoms with Crippen molar-refractivity contribution in [2.75, 3.05) is 0 Å². The Balaban J connectivity index is 2.38. The molecule has 0 radical (unpaired) electrons. The van der Waals surface area contributed by atoms with E-state index in [-0.39, 0.29) is 17.0 Å². The molecule has 116 valence electrons. The van der Waals surface area contributed by atoms with Gasteiger partial charge in [-0.05, 0) is 36.2 Å². The van der Waals surface area contributed by atoms with Gasteiger partial charge in [0.2, 0.25) is 10.0 Å². The minimum Gasteiger partial charge on any atom is -0.477 e. The molecule has 0 spiro atoms. The number of benzene rings is 1. The number of aryl methyl sites for hydroxylation is 1. The molecule has 8 heteroatoms. The minimum absolute atomic E-state index is 0.0290. The Hall–Kier alpha value is -2.45. The molecule has 0 saturated heterocycles. The number of carboxylic acid groups (broad SMARTS) is 1. The number of pyridine rings is 1. The van der Waals surface area contributed by atoms with Gasteiger partial charge in [-0.1, -0.05) is 12.1 Å². The number of sulfonamides is 1. The molecule has 0 atom stereocenters. The molecule has 1 aromatic carbocycles. The summed E-state index contributed by atoms with van der Waals surface area (Å²) in [6, 6.07) is 7.26. The summed E-state index contributed by atoms with van der Waals surface area (Å²) in [6.45, 7) is 1.68. The number of nitrogens with two attached hydrogens (primary N) is 1. The number of carbonyl (C=O) groups is 1. The van der Waals surface area contributed by atoms with Crippen molar-refractivity contribution in [1.29, 1.82) is 0 Å². The van der Waals surface area contributed by atoms with Crippen molar-refractivity contribution in [3.05, 3.63) is 63.6 Å².